The average molecular weight is 257 g/mol. The zero-order valence-electron chi connectivity index (χ0n) is 9.73. The number of anilines is 2. The van der Waals surface area contributed by atoms with E-state index in [-0.39, 0.29) is 5.91 Å². The van der Waals surface area contributed by atoms with Gasteiger partial charge < -0.3 is 11.1 Å². The number of rotatable bonds is 2. The van der Waals surface area contributed by atoms with Gasteiger partial charge in [-0.05, 0) is 42.1 Å². The van der Waals surface area contributed by atoms with Crippen LogP contribution in [-0.4, -0.2) is 5.91 Å². The topological polar surface area (TPSA) is 78.9 Å². The lowest BCUT2D eigenvalue weighted by molar-refractivity contribution is 0.103. The quantitative estimate of drug-likeness (QED) is 0.812. The Morgan fingerprint density at radius 2 is 2.22 bits per heavy atom. The number of thiophene rings is 1. The van der Waals surface area contributed by atoms with Gasteiger partial charge in [-0.1, -0.05) is 0 Å². The molecule has 1 amide bonds. The number of nitrogens with zero attached hydrogens (tertiary/aromatic N) is 1. The van der Waals surface area contributed by atoms with Crippen LogP contribution in [0.25, 0.3) is 0 Å². The van der Waals surface area contributed by atoms with Gasteiger partial charge in [-0.2, -0.15) is 5.26 Å². The van der Waals surface area contributed by atoms with Crippen LogP contribution in [0.3, 0.4) is 0 Å². The molecule has 4 nitrogen and oxygen atoms in total. The Labute approximate surface area is 109 Å². The second-order valence-electron chi connectivity index (χ2n) is 3.80. The van der Waals surface area contributed by atoms with Gasteiger partial charge in [-0.15, -0.1) is 11.3 Å². The van der Waals surface area contributed by atoms with Crippen LogP contribution in [0.2, 0.25) is 0 Å². The van der Waals surface area contributed by atoms with Crippen molar-refractivity contribution in [1.29, 1.82) is 5.26 Å². The molecule has 0 bridgehead atoms. The Hall–Kier alpha value is -2.32. The fourth-order valence-electron chi connectivity index (χ4n) is 1.55. The molecule has 2 aromatic rings. The van der Waals surface area contributed by atoms with Crippen LogP contribution in [0.4, 0.5) is 11.4 Å². The third kappa shape index (κ3) is 2.34. The van der Waals surface area contributed by atoms with Crippen molar-refractivity contribution >= 4 is 28.6 Å². The third-order valence-corrected chi connectivity index (χ3v) is 3.50. The lowest BCUT2D eigenvalue weighted by Crippen LogP contribution is -2.12. The first-order valence-electron chi connectivity index (χ1n) is 5.27. The predicted molar refractivity (Wildman–Crippen MR) is 72.6 cm³/mol. The SMILES string of the molecule is Cc1ccsc1C(=O)Nc1ccc(N)cc1C#N. The van der Waals surface area contributed by atoms with Gasteiger partial charge >= 0.3 is 0 Å². The molecular formula is C13H11N3OS. The summed E-state index contributed by atoms with van der Waals surface area (Å²) in [6.45, 7) is 1.87. The molecule has 0 aliphatic carbocycles. The second kappa shape index (κ2) is 4.90. The number of hydrogen-bond acceptors (Lipinski definition) is 4. The van der Waals surface area contributed by atoms with E-state index >= 15 is 0 Å². The summed E-state index contributed by atoms with van der Waals surface area (Å²) < 4.78 is 0. The van der Waals surface area contributed by atoms with Gasteiger partial charge in [0.05, 0.1) is 16.1 Å². The van der Waals surface area contributed by atoms with E-state index in [2.05, 4.69) is 5.32 Å². The van der Waals surface area contributed by atoms with Crippen molar-refractivity contribution < 1.29 is 4.79 Å². The number of nitrogens with one attached hydrogen (secondary N) is 1. The first-order chi connectivity index (χ1) is 8.61. The number of amides is 1. The summed E-state index contributed by atoms with van der Waals surface area (Å²) in [5, 5.41) is 13.6. The fourth-order valence-corrected chi connectivity index (χ4v) is 2.37. The van der Waals surface area contributed by atoms with Gasteiger partial charge in [-0.25, -0.2) is 0 Å². The molecule has 90 valence electrons. The third-order valence-electron chi connectivity index (χ3n) is 2.48. The van der Waals surface area contributed by atoms with E-state index in [1.54, 1.807) is 12.1 Å². The van der Waals surface area contributed by atoms with E-state index in [9.17, 15) is 4.79 Å². The highest BCUT2D eigenvalue weighted by Gasteiger charge is 2.12. The summed E-state index contributed by atoms with van der Waals surface area (Å²) in [6, 6.07) is 8.72. The number of nitrogen functional groups attached to an aromatic ring is 1. The van der Waals surface area contributed by atoms with E-state index < -0.39 is 0 Å². The number of aryl methyl sites for hydroxylation is 1. The van der Waals surface area contributed by atoms with Crippen molar-refractivity contribution in [3.8, 4) is 6.07 Å². The highest BCUT2D eigenvalue weighted by Crippen LogP contribution is 2.21. The predicted octanol–water partition coefficient (Wildman–Crippen LogP) is 2.76. The highest BCUT2D eigenvalue weighted by atomic mass is 32.1. The van der Waals surface area contributed by atoms with Crippen LogP contribution < -0.4 is 11.1 Å². The van der Waals surface area contributed by atoms with E-state index in [0.717, 1.165) is 5.56 Å². The van der Waals surface area contributed by atoms with Crippen LogP contribution in [0.1, 0.15) is 20.8 Å². The molecule has 0 spiro atoms. The monoisotopic (exact) mass is 257 g/mol. The van der Waals surface area contributed by atoms with E-state index in [1.165, 1.54) is 17.4 Å². The minimum atomic E-state index is -0.205. The minimum Gasteiger partial charge on any atom is -0.399 e. The van der Waals surface area contributed by atoms with Gasteiger partial charge in [0.2, 0.25) is 0 Å². The number of nitrogens with two attached hydrogens (primary N) is 1. The molecule has 0 unspecified atom stereocenters. The zero-order chi connectivity index (χ0) is 13.1. The maximum Gasteiger partial charge on any atom is 0.266 e. The maximum atomic E-state index is 12.0. The molecule has 0 aliphatic rings. The van der Waals surface area contributed by atoms with Gasteiger partial charge in [-0.3, -0.25) is 4.79 Å². The Bertz CT molecular complexity index is 640. The van der Waals surface area contributed by atoms with Crippen molar-refractivity contribution in [3.63, 3.8) is 0 Å². The van der Waals surface area contributed by atoms with Crippen molar-refractivity contribution in [3.05, 3.63) is 45.6 Å². The largest absolute Gasteiger partial charge is 0.399 e. The van der Waals surface area contributed by atoms with E-state index in [0.29, 0.717) is 21.8 Å². The minimum absolute atomic E-state index is 0.205. The first kappa shape index (κ1) is 12.1. The van der Waals surface area contributed by atoms with E-state index in [4.69, 9.17) is 11.0 Å². The molecule has 0 saturated heterocycles. The molecule has 1 aromatic carbocycles. The Kier molecular flexibility index (Phi) is 3.31. The molecule has 0 aliphatic heterocycles. The summed E-state index contributed by atoms with van der Waals surface area (Å²) in [4.78, 5) is 12.7. The molecule has 0 fully saturated rings. The van der Waals surface area contributed by atoms with Crippen molar-refractivity contribution in [2.45, 2.75) is 6.92 Å². The molecule has 0 radical (unpaired) electrons. The Morgan fingerprint density at radius 1 is 1.44 bits per heavy atom. The van der Waals surface area contributed by atoms with Crippen LogP contribution in [0.15, 0.2) is 29.6 Å². The lowest BCUT2D eigenvalue weighted by atomic mass is 10.1. The standard InChI is InChI=1S/C13H11N3OS/c1-8-4-5-18-12(8)13(17)16-11-3-2-10(15)6-9(11)7-14/h2-6H,15H2,1H3,(H,16,17). The molecule has 3 N–H and O–H groups in total. The number of hydrogen-bond donors (Lipinski definition) is 2. The molecule has 18 heavy (non-hydrogen) atoms. The maximum absolute atomic E-state index is 12.0. The van der Waals surface area contributed by atoms with Crippen LogP contribution in [0.5, 0.6) is 0 Å². The molecular weight excluding hydrogens is 246 g/mol. The molecule has 5 heteroatoms. The van der Waals surface area contributed by atoms with Crippen molar-refractivity contribution in [2.24, 2.45) is 0 Å². The Balaban J connectivity index is 2.28. The van der Waals surface area contributed by atoms with Crippen LogP contribution in [-0.2, 0) is 0 Å². The zero-order valence-corrected chi connectivity index (χ0v) is 10.5. The molecule has 1 heterocycles. The second-order valence-corrected chi connectivity index (χ2v) is 4.72. The summed E-state index contributed by atoms with van der Waals surface area (Å²) >= 11 is 1.37. The van der Waals surface area contributed by atoms with Gasteiger partial charge in [0, 0.05) is 5.69 Å². The summed E-state index contributed by atoms with van der Waals surface area (Å²) in [5.41, 5.74) is 7.85. The van der Waals surface area contributed by atoms with Gasteiger partial charge in [0.1, 0.15) is 6.07 Å². The number of nitriles is 1. The molecule has 0 atom stereocenters. The summed E-state index contributed by atoms with van der Waals surface area (Å²) in [7, 11) is 0. The highest BCUT2D eigenvalue weighted by molar-refractivity contribution is 7.12. The summed E-state index contributed by atoms with van der Waals surface area (Å²) in [5.74, 6) is -0.205. The molecule has 1 aromatic heterocycles. The van der Waals surface area contributed by atoms with Crippen LogP contribution >= 0.6 is 11.3 Å². The molecule has 2 rings (SSSR count). The lowest BCUT2D eigenvalue weighted by Gasteiger charge is -2.07. The number of carbonyl (C=O) groups is 1. The van der Waals surface area contributed by atoms with Crippen molar-refractivity contribution in [2.75, 3.05) is 11.1 Å². The van der Waals surface area contributed by atoms with Crippen molar-refractivity contribution in [1.82, 2.24) is 0 Å². The summed E-state index contributed by atoms with van der Waals surface area (Å²) in [6.07, 6.45) is 0. The first-order valence-corrected chi connectivity index (χ1v) is 6.15. The number of carbonyl (C=O) groups excluding carboxylic acids is 1. The van der Waals surface area contributed by atoms with Gasteiger partial charge in [0.15, 0.2) is 0 Å². The average Bonchev–Trinajstić information content (AvgIpc) is 2.77. The van der Waals surface area contributed by atoms with E-state index in [1.807, 2.05) is 24.4 Å². The molecule has 0 saturated carbocycles. The Morgan fingerprint density at radius 3 is 2.83 bits per heavy atom. The fraction of sp³-hybridized carbons (Fsp3) is 0.0769. The van der Waals surface area contributed by atoms with Gasteiger partial charge in [0.25, 0.3) is 5.91 Å². The van der Waals surface area contributed by atoms with Crippen LogP contribution in [0, 0.1) is 18.3 Å². The number of benzene rings is 1. The normalized spacial score (nSPS) is 9.78. The smallest absolute Gasteiger partial charge is 0.266 e.